The Bertz CT molecular complexity index is 1100. The predicted octanol–water partition coefficient (Wildman–Crippen LogP) is 4.24. The SMILES string of the molecule is O=C(Nc1ccccc1C(F)(F)F)c1ccn(COc2cc(F)ccc2[N+](=O)[O-])n1. The number of ether oxygens (including phenoxy) is 1. The number of nitrogens with one attached hydrogen (secondary N) is 1. The van der Waals surface area contributed by atoms with Gasteiger partial charge in [-0.15, -0.1) is 0 Å². The van der Waals surface area contributed by atoms with E-state index in [1.165, 1.54) is 24.4 Å². The number of carbonyl (C=O) groups is 1. The first-order valence-electron chi connectivity index (χ1n) is 8.23. The van der Waals surface area contributed by atoms with E-state index in [1.54, 1.807) is 0 Å². The highest BCUT2D eigenvalue weighted by Gasteiger charge is 2.33. The number of amides is 1. The number of nitro benzene ring substituents is 1. The van der Waals surface area contributed by atoms with Crippen LogP contribution in [-0.4, -0.2) is 20.6 Å². The maximum Gasteiger partial charge on any atom is 0.418 e. The van der Waals surface area contributed by atoms with Crippen molar-refractivity contribution in [1.82, 2.24) is 9.78 Å². The van der Waals surface area contributed by atoms with Gasteiger partial charge in [0.1, 0.15) is 5.82 Å². The van der Waals surface area contributed by atoms with Gasteiger partial charge in [-0.05, 0) is 24.3 Å². The summed E-state index contributed by atoms with van der Waals surface area (Å²) in [6.45, 7) is -0.406. The van der Waals surface area contributed by atoms with Crippen molar-refractivity contribution >= 4 is 17.3 Å². The first-order valence-corrected chi connectivity index (χ1v) is 8.23. The molecule has 2 aromatic carbocycles. The second-order valence-corrected chi connectivity index (χ2v) is 5.88. The molecule has 0 aliphatic heterocycles. The maximum atomic E-state index is 13.3. The van der Waals surface area contributed by atoms with Crippen LogP contribution in [0.5, 0.6) is 5.75 Å². The van der Waals surface area contributed by atoms with Crippen molar-refractivity contribution in [2.45, 2.75) is 12.9 Å². The van der Waals surface area contributed by atoms with E-state index in [9.17, 15) is 32.5 Å². The molecule has 0 aliphatic carbocycles. The molecule has 30 heavy (non-hydrogen) atoms. The molecule has 3 rings (SSSR count). The molecule has 1 heterocycles. The Kier molecular flexibility index (Phi) is 5.67. The Labute approximate surface area is 165 Å². The summed E-state index contributed by atoms with van der Waals surface area (Å²) in [6, 6.07) is 8.33. The number of para-hydroxylation sites is 1. The summed E-state index contributed by atoms with van der Waals surface area (Å²) in [6.07, 6.45) is -3.38. The van der Waals surface area contributed by atoms with Gasteiger partial charge in [0.2, 0.25) is 5.75 Å². The Morgan fingerprint density at radius 1 is 1.20 bits per heavy atom. The largest absolute Gasteiger partial charge is 0.464 e. The predicted molar refractivity (Wildman–Crippen MR) is 95.3 cm³/mol. The standard InChI is InChI=1S/C18H12F4N4O4/c19-11-5-6-15(26(28)29)16(9-11)30-10-25-8-7-14(24-25)17(27)23-13-4-2-1-3-12(13)18(20,21)22/h1-9H,10H2,(H,23,27). The summed E-state index contributed by atoms with van der Waals surface area (Å²) >= 11 is 0. The smallest absolute Gasteiger partial charge is 0.418 e. The third kappa shape index (κ3) is 4.71. The number of alkyl halides is 3. The second-order valence-electron chi connectivity index (χ2n) is 5.88. The van der Waals surface area contributed by atoms with Crippen LogP contribution in [0.1, 0.15) is 16.1 Å². The summed E-state index contributed by atoms with van der Waals surface area (Å²) in [7, 11) is 0. The van der Waals surface area contributed by atoms with Crippen molar-refractivity contribution in [3.05, 3.63) is 81.9 Å². The van der Waals surface area contributed by atoms with Crippen molar-refractivity contribution in [3.63, 3.8) is 0 Å². The first kappa shape index (κ1) is 20.8. The number of hydrogen-bond acceptors (Lipinski definition) is 5. The average Bonchev–Trinajstić information content (AvgIpc) is 3.15. The lowest BCUT2D eigenvalue weighted by Crippen LogP contribution is -2.17. The summed E-state index contributed by atoms with van der Waals surface area (Å²) < 4.78 is 58.6. The summed E-state index contributed by atoms with van der Waals surface area (Å²) in [5, 5.41) is 16.9. The fraction of sp³-hybridized carbons (Fsp3) is 0.111. The van der Waals surface area contributed by atoms with Crippen molar-refractivity contribution in [1.29, 1.82) is 0 Å². The zero-order chi connectivity index (χ0) is 21.9. The molecule has 0 radical (unpaired) electrons. The maximum absolute atomic E-state index is 13.3. The number of nitrogens with zero attached hydrogens (tertiary/aromatic N) is 3. The molecular formula is C18H12F4N4O4. The summed E-state index contributed by atoms with van der Waals surface area (Å²) in [5.74, 6) is -2.00. The zero-order valence-corrected chi connectivity index (χ0v) is 14.9. The molecule has 0 atom stereocenters. The van der Waals surface area contributed by atoms with Gasteiger partial charge in [-0.2, -0.15) is 18.3 Å². The van der Waals surface area contributed by atoms with Crippen LogP contribution in [0.15, 0.2) is 54.7 Å². The molecule has 0 fully saturated rings. The summed E-state index contributed by atoms with van der Waals surface area (Å²) in [4.78, 5) is 22.4. The average molecular weight is 424 g/mol. The van der Waals surface area contributed by atoms with Crippen LogP contribution in [0.2, 0.25) is 0 Å². The Morgan fingerprint density at radius 2 is 1.93 bits per heavy atom. The number of rotatable bonds is 6. The van der Waals surface area contributed by atoms with Crippen LogP contribution in [-0.2, 0) is 12.9 Å². The van der Waals surface area contributed by atoms with Crippen LogP contribution in [0.4, 0.5) is 28.9 Å². The van der Waals surface area contributed by atoms with Gasteiger partial charge in [-0.3, -0.25) is 14.9 Å². The van der Waals surface area contributed by atoms with Gasteiger partial charge < -0.3 is 10.1 Å². The lowest BCUT2D eigenvalue weighted by Gasteiger charge is -2.12. The van der Waals surface area contributed by atoms with E-state index in [-0.39, 0.29) is 11.4 Å². The number of halogens is 4. The number of nitro groups is 1. The van der Waals surface area contributed by atoms with E-state index in [1.807, 2.05) is 0 Å². The first-order chi connectivity index (χ1) is 14.1. The monoisotopic (exact) mass is 424 g/mol. The highest BCUT2D eigenvalue weighted by molar-refractivity contribution is 6.03. The number of anilines is 1. The van der Waals surface area contributed by atoms with Crippen molar-refractivity contribution in [2.24, 2.45) is 0 Å². The molecule has 8 nitrogen and oxygen atoms in total. The second kappa shape index (κ2) is 8.19. The minimum Gasteiger partial charge on any atom is -0.464 e. The molecule has 0 saturated carbocycles. The van der Waals surface area contributed by atoms with Crippen molar-refractivity contribution in [2.75, 3.05) is 5.32 Å². The van der Waals surface area contributed by atoms with Gasteiger partial charge in [-0.25, -0.2) is 9.07 Å². The van der Waals surface area contributed by atoms with Crippen LogP contribution in [0.3, 0.4) is 0 Å². The van der Waals surface area contributed by atoms with Gasteiger partial charge in [0.15, 0.2) is 12.4 Å². The molecule has 0 saturated heterocycles. The van der Waals surface area contributed by atoms with Crippen molar-refractivity contribution in [3.8, 4) is 5.75 Å². The molecular weight excluding hydrogens is 412 g/mol. The molecule has 1 N–H and O–H groups in total. The number of carbonyl (C=O) groups excluding carboxylic acids is 1. The van der Waals surface area contributed by atoms with Gasteiger partial charge in [-0.1, -0.05) is 12.1 Å². The zero-order valence-electron chi connectivity index (χ0n) is 14.9. The molecule has 0 spiro atoms. The Morgan fingerprint density at radius 3 is 2.63 bits per heavy atom. The molecule has 156 valence electrons. The van der Waals surface area contributed by atoms with E-state index in [4.69, 9.17) is 4.74 Å². The van der Waals surface area contributed by atoms with E-state index in [2.05, 4.69) is 10.4 Å². The van der Waals surface area contributed by atoms with E-state index in [0.29, 0.717) is 0 Å². The molecule has 12 heteroatoms. The topological polar surface area (TPSA) is 99.3 Å². The molecule has 0 bridgehead atoms. The Balaban J connectivity index is 1.71. The lowest BCUT2D eigenvalue weighted by molar-refractivity contribution is -0.386. The molecule has 0 unspecified atom stereocenters. The lowest BCUT2D eigenvalue weighted by atomic mass is 10.1. The molecule has 3 aromatic rings. The van der Waals surface area contributed by atoms with Crippen LogP contribution < -0.4 is 10.1 Å². The van der Waals surface area contributed by atoms with Gasteiger partial charge in [0, 0.05) is 18.3 Å². The third-order valence-corrected chi connectivity index (χ3v) is 3.82. The molecule has 1 amide bonds. The normalized spacial score (nSPS) is 11.2. The fourth-order valence-corrected chi connectivity index (χ4v) is 2.47. The van der Waals surface area contributed by atoms with E-state index in [0.717, 1.165) is 35.0 Å². The number of benzene rings is 2. The van der Waals surface area contributed by atoms with Gasteiger partial charge >= 0.3 is 11.9 Å². The molecule has 0 aliphatic rings. The highest BCUT2D eigenvalue weighted by Crippen LogP contribution is 2.34. The minimum atomic E-state index is -4.66. The van der Waals surface area contributed by atoms with Crippen molar-refractivity contribution < 1.29 is 32.0 Å². The van der Waals surface area contributed by atoms with E-state index < -0.39 is 46.5 Å². The summed E-state index contributed by atoms with van der Waals surface area (Å²) in [5.41, 5.74) is -2.13. The molecule has 1 aromatic heterocycles. The van der Waals surface area contributed by atoms with Gasteiger partial charge in [0.25, 0.3) is 5.91 Å². The van der Waals surface area contributed by atoms with Crippen LogP contribution >= 0.6 is 0 Å². The minimum absolute atomic E-state index is 0.218. The highest BCUT2D eigenvalue weighted by atomic mass is 19.4. The van der Waals surface area contributed by atoms with Crippen LogP contribution in [0, 0.1) is 15.9 Å². The quantitative estimate of drug-likeness (QED) is 0.363. The Hall–Kier alpha value is -3.96. The third-order valence-electron chi connectivity index (χ3n) is 3.82. The van der Waals surface area contributed by atoms with Gasteiger partial charge in [0.05, 0.1) is 16.2 Å². The fourth-order valence-electron chi connectivity index (χ4n) is 2.47. The van der Waals surface area contributed by atoms with Crippen LogP contribution in [0.25, 0.3) is 0 Å². The number of hydrogen-bond donors (Lipinski definition) is 1. The number of aromatic nitrogens is 2. The van der Waals surface area contributed by atoms with E-state index >= 15 is 0 Å².